The molecule has 2 atom stereocenters. The van der Waals surface area contributed by atoms with Gasteiger partial charge in [-0.25, -0.2) is 4.98 Å². The number of aryl methyl sites for hydroxylation is 1. The van der Waals surface area contributed by atoms with Gasteiger partial charge in [0.25, 0.3) is 0 Å². The molecule has 1 aromatic heterocycles. The minimum Gasteiger partial charge on any atom is -0.474 e. The fourth-order valence-corrected chi connectivity index (χ4v) is 2.56. The second-order valence-electron chi connectivity index (χ2n) is 5.29. The largest absolute Gasteiger partial charge is 0.474 e. The minimum absolute atomic E-state index is 0.0203. The number of aromatic nitrogens is 1. The zero-order chi connectivity index (χ0) is 13.8. The molecule has 1 saturated heterocycles. The van der Waals surface area contributed by atoms with Crippen LogP contribution in [0.5, 0.6) is 5.88 Å². The third-order valence-electron chi connectivity index (χ3n) is 3.40. The Balaban J connectivity index is 2.09. The molecule has 0 saturated carbocycles. The third-order valence-corrected chi connectivity index (χ3v) is 3.40. The average Bonchev–Trinajstić information content (AvgIpc) is 2.37. The fraction of sp³-hybridized carbons (Fsp3) is 0.667. The van der Waals surface area contributed by atoms with E-state index in [2.05, 4.69) is 18.8 Å². The first-order valence-corrected chi connectivity index (χ1v) is 7.03. The normalized spacial score (nSPS) is 27.3. The molecule has 1 aromatic rings. The predicted molar refractivity (Wildman–Crippen MR) is 73.2 cm³/mol. The molecule has 0 bridgehead atoms. The van der Waals surface area contributed by atoms with Crippen molar-refractivity contribution in [2.45, 2.75) is 65.0 Å². The van der Waals surface area contributed by atoms with E-state index in [1.165, 1.54) is 0 Å². The molecule has 19 heavy (non-hydrogen) atoms. The van der Waals surface area contributed by atoms with E-state index >= 15 is 0 Å². The molecule has 2 heterocycles. The van der Waals surface area contributed by atoms with Crippen molar-refractivity contribution in [3.05, 3.63) is 23.4 Å². The Morgan fingerprint density at radius 1 is 1.32 bits per heavy atom. The highest BCUT2D eigenvalue weighted by molar-refractivity contribution is 5.25. The van der Waals surface area contributed by atoms with Gasteiger partial charge in [-0.2, -0.15) is 0 Å². The Morgan fingerprint density at radius 3 is 2.58 bits per heavy atom. The number of hydrogen-bond donors (Lipinski definition) is 1. The lowest BCUT2D eigenvalue weighted by Crippen LogP contribution is -2.35. The lowest BCUT2D eigenvalue weighted by Gasteiger charge is -2.32. The SMILES string of the molecule is CCc1cc(CO)cc(OC2CC(C)OC(C)C2)n1. The molecule has 1 aliphatic rings. The molecule has 0 aliphatic carbocycles. The van der Waals surface area contributed by atoms with Gasteiger partial charge in [-0.05, 0) is 31.9 Å². The maximum absolute atomic E-state index is 9.27. The smallest absolute Gasteiger partial charge is 0.214 e. The van der Waals surface area contributed by atoms with Crippen LogP contribution in [0.25, 0.3) is 0 Å². The molecule has 0 spiro atoms. The molecule has 4 nitrogen and oxygen atoms in total. The lowest BCUT2D eigenvalue weighted by atomic mass is 10.0. The number of rotatable bonds is 4. The van der Waals surface area contributed by atoms with Crippen molar-refractivity contribution in [2.75, 3.05) is 0 Å². The zero-order valence-electron chi connectivity index (χ0n) is 11.9. The van der Waals surface area contributed by atoms with Crippen molar-refractivity contribution in [3.8, 4) is 5.88 Å². The highest BCUT2D eigenvalue weighted by Crippen LogP contribution is 2.24. The molecule has 2 unspecified atom stereocenters. The van der Waals surface area contributed by atoms with E-state index < -0.39 is 0 Å². The fourth-order valence-electron chi connectivity index (χ4n) is 2.56. The Kier molecular flexibility index (Phi) is 4.77. The van der Waals surface area contributed by atoms with Gasteiger partial charge < -0.3 is 14.6 Å². The first kappa shape index (κ1) is 14.3. The van der Waals surface area contributed by atoms with Crippen molar-refractivity contribution in [2.24, 2.45) is 0 Å². The number of pyridine rings is 1. The van der Waals surface area contributed by atoms with Crippen molar-refractivity contribution in [3.63, 3.8) is 0 Å². The average molecular weight is 265 g/mol. The third kappa shape index (κ3) is 3.91. The van der Waals surface area contributed by atoms with Gasteiger partial charge in [0.1, 0.15) is 6.10 Å². The molecular formula is C15H23NO3. The van der Waals surface area contributed by atoms with Crippen LogP contribution in [-0.2, 0) is 17.8 Å². The number of ether oxygens (including phenoxy) is 2. The van der Waals surface area contributed by atoms with Crippen LogP contribution >= 0.6 is 0 Å². The molecule has 4 heteroatoms. The minimum atomic E-state index is 0.0203. The van der Waals surface area contributed by atoms with Gasteiger partial charge in [0.2, 0.25) is 5.88 Å². The summed E-state index contributed by atoms with van der Waals surface area (Å²) in [5, 5.41) is 9.27. The van der Waals surface area contributed by atoms with Crippen LogP contribution in [0.2, 0.25) is 0 Å². The quantitative estimate of drug-likeness (QED) is 0.908. The summed E-state index contributed by atoms with van der Waals surface area (Å²) in [6, 6.07) is 3.74. The predicted octanol–water partition coefficient (Wildman–Crippen LogP) is 2.47. The maximum Gasteiger partial charge on any atom is 0.214 e. The summed E-state index contributed by atoms with van der Waals surface area (Å²) in [6.07, 6.45) is 3.20. The van der Waals surface area contributed by atoms with Crippen LogP contribution in [0.3, 0.4) is 0 Å². The standard InChI is InChI=1S/C15H23NO3/c1-4-13-7-12(9-17)8-15(16-13)19-14-5-10(2)18-11(3)6-14/h7-8,10-11,14,17H,4-6,9H2,1-3H3. The molecule has 1 fully saturated rings. The van der Waals surface area contributed by atoms with Crippen LogP contribution in [0.15, 0.2) is 12.1 Å². The Labute approximate surface area is 114 Å². The Morgan fingerprint density at radius 2 is 2.00 bits per heavy atom. The van der Waals surface area contributed by atoms with Crippen LogP contribution in [-0.4, -0.2) is 28.4 Å². The zero-order valence-corrected chi connectivity index (χ0v) is 11.9. The monoisotopic (exact) mass is 265 g/mol. The second kappa shape index (κ2) is 6.35. The van der Waals surface area contributed by atoms with Crippen LogP contribution in [0.4, 0.5) is 0 Å². The summed E-state index contributed by atoms with van der Waals surface area (Å²) >= 11 is 0. The highest BCUT2D eigenvalue weighted by Gasteiger charge is 2.26. The van der Waals surface area contributed by atoms with Gasteiger partial charge in [-0.15, -0.1) is 0 Å². The molecule has 0 amide bonds. The van der Waals surface area contributed by atoms with Crippen LogP contribution in [0.1, 0.15) is 44.9 Å². The van der Waals surface area contributed by atoms with Gasteiger partial charge in [0.15, 0.2) is 0 Å². The molecule has 1 N–H and O–H groups in total. The topological polar surface area (TPSA) is 51.6 Å². The number of aliphatic hydroxyl groups excluding tert-OH is 1. The van der Waals surface area contributed by atoms with E-state index in [0.29, 0.717) is 5.88 Å². The van der Waals surface area contributed by atoms with Crippen molar-refractivity contribution in [1.29, 1.82) is 0 Å². The maximum atomic E-state index is 9.27. The Hall–Kier alpha value is -1.13. The van der Waals surface area contributed by atoms with E-state index in [1.54, 1.807) is 0 Å². The van der Waals surface area contributed by atoms with Gasteiger partial charge in [-0.3, -0.25) is 0 Å². The summed E-state index contributed by atoms with van der Waals surface area (Å²) in [5.41, 5.74) is 1.81. The lowest BCUT2D eigenvalue weighted by molar-refractivity contribution is -0.0730. The summed E-state index contributed by atoms with van der Waals surface area (Å²) in [7, 11) is 0. The van der Waals surface area contributed by atoms with E-state index in [4.69, 9.17) is 9.47 Å². The summed E-state index contributed by atoms with van der Waals surface area (Å²) < 4.78 is 11.7. The molecule has 1 aliphatic heterocycles. The molecule has 2 rings (SSSR count). The van der Waals surface area contributed by atoms with E-state index in [-0.39, 0.29) is 24.9 Å². The molecule has 106 valence electrons. The summed E-state index contributed by atoms with van der Waals surface area (Å²) in [6.45, 7) is 6.21. The second-order valence-corrected chi connectivity index (χ2v) is 5.29. The molecule has 0 radical (unpaired) electrons. The van der Waals surface area contributed by atoms with E-state index in [9.17, 15) is 5.11 Å². The molecular weight excluding hydrogens is 242 g/mol. The van der Waals surface area contributed by atoms with Crippen LogP contribution in [0, 0.1) is 0 Å². The van der Waals surface area contributed by atoms with Gasteiger partial charge in [-0.1, -0.05) is 6.92 Å². The summed E-state index contributed by atoms with van der Waals surface area (Å²) in [5.74, 6) is 0.620. The molecule has 0 aromatic carbocycles. The first-order chi connectivity index (χ1) is 9.10. The highest BCUT2D eigenvalue weighted by atomic mass is 16.5. The number of aliphatic hydroxyl groups is 1. The van der Waals surface area contributed by atoms with Crippen molar-refractivity contribution >= 4 is 0 Å². The van der Waals surface area contributed by atoms with Crippen molar-refractivity contribution < 1.29 is 14.6 Å². The van der Waals surface area contributed by atoms with Crippen molar-refractivity contribution in [1.82, 2.24) is 4.98 Å². The number of hydrogen-bond acceptors (Lipinski definition) is 4. The van der Waals surface area contributed by atoms with Gasteiger partial charge >= 0.3 is 0 Å². The van der Waals surface area contributed by atoms with E-state index in [0.717, 1.165) is 30.5 Å². The van der Waals surface area contributed by atoms with Crippen LogP contribution < -0.4 is 4.74 Å². The van der Waals surface area contributed by atoms with Gasteiger partial charge in [0.05, 0.1) is 18.8 Å². The van der Waals surface area contributed by atoms with E-state index in [1.807, 2.05) is 19.1 Å². The number of nitrogens with zero attached hydrogens (tertiary/aromatic N) is 1. The Bertz CT molecular complexity index is 390. The van der Waals surface area contributed by atoms with Gasteiger partial charge in [0, 0.05) is 24.6 Å². The first-order valence-electron chi connectivity index (χ1n) is 7.03. The summed E-state index contributed by atoms with van der Waals surface area (Å²) in [4.78, 5) is 4.47.